The van der Waals surface area contributed by atoms with Gasteiger partial charge in [-0.05, 0) is 44.1 Å². The number of hydrogen-bond donors (Lipinski definition) is 2. The molecule has 242 valence electrons. The Kier molecular flexibility index (Phi) is 10.4. The molecule has 0 saturated carbocycles. The van der Waals surface area contributed by atoms with Crippen LogP contribution in [0.15, 0.2) is 60.8 Å². The summed E-state index contributed by atoms with van der Waals surface area (Å²) in [6, 6.07) is 18.1. The van der Waals surface area contributed by atoms with Crippen molar-refractivity contribution < 1.29 is 9.47 Å². The summed E-state index contributed by atoms with van der Waals surface area (Å²) >= 11 is 14.2. The van der Waals surface area contributed by atoms with Crippen molar-refractivity contribution in [2.24, 2.45) is 11.8 Å². The molecule has 2 saturated heterocycles. The third-order valence-electron chi connectivity index (χ3n) is 8.90. The van der Waals surface area contributed by atoms with Crippen LogP contribution >= 0.6 is 23.2 Å². The van der Waals surface area contributed by atoms with E-state index in [1.165, 1.54) is 0 Å². The number of nitrogens with one attached hydrogen (secondary N) is 2. The number of hydrogen-bond acceptors (Lipinski definition) is 8. The minimum Gasteiger partial charge on any atom is -0.496 e. The summed E-state index contributed by atoms with van der Waals surface area (Å²) in [5.74, 6) is 2.81. The molecule has 46 heavy (non-hydrogen) atoms. The topological polar surface area (TPSA) is 74.8 Å². The molecule has 0 radical (unpaired) electrons. The highest BCUT2D eigenvalue weighted by Crippen LogP contribution is 2.42. The van der Waals surface area contributed by atoms with Crippen LogP contribution in [0.3, 0.4) is 0 Å². The fourth-order valence-corrected chi connectivity index (χ4v) is 6.92. The van der Waals surface area contributed by atoms with E-state index in [-0.39, 0.29) is 0 Å². The third kappa shape index (κ3) is 7.18. The molecule has 2 aromatic heterocycles. The Balaban J connectivity index is 1.25. The van der Waals surface area contributed by atoms with Gasteiger partial charge in [-0.3, -0.25) is 4.98 Å². The first kappa shape index (κ1) is 32.7. The number of methoxy groups -OCH3 is 2. The summed E-state index contributed by atoms with van der Waals surface area (Å²) in [6.07, 6.45) is 1.77. The highest BCUT2D eigenvalue weighted by atomic mass is 35.5. The lowest BCUT2D eigenvalue weighted by molar-refractivity contribution is 0.216. The molecule has 2 aliphatic rings. The van der Waals surface area contributed by atoms with Crippen molar-refractivity contribution in [1.82, 2.24) is 30.4 Å². The molecule has 0 bridgehead atoms. The molecule has 2 aliphatic heterocycles. The Morgan fingerprint density at radius 2 is 1.39 bits per heavy atom. The highest BCUT2D eigenvalue weighted by molar-refractivity contribution is 6.39. The summed E-state index contributed by atoms with van der Waals surface area (Å²) in [5, 5.41) is 7.77. The van der Waals surface area contributed by atoms with Crippen LogP contribution in [-0.4, -0.2) is 87.4 Å². The van der Waals surface area contributed by atoms with Crippen molar-refractivity contribution in [2.45, 2.75) is 13.1 Å². The summed E-state index contributed by atoms with van der Waals surface area (Å²) in [5.41, 5.74) is 6.87. The molecule has 2 aromatic carbocycles. The zero-order valence-corrected chi connectivity index (χ0v) is 28.5. The lowest BCUT2D eigenvalue weighted by Gasteiger charge is -2.31. The maximum absolute atomic E-state index is 7.11. The Labute approximate surface area is 282 Å². The minimum atomic E-state index is 0.525. The van der Waals surface area contributed by atoms with Gasteiger partial charge in [0.25, 0.3) is 0 Å². The van der Waals surface area contributed by atoms with Crippen molar-refractivity contribution in [3.63, 3.8) is 0 Å². The van der Waals surface area contributed by atoms with E-state index in [1.54, 1.807) is 20.4 Å². The van der Waals surface area contributed by atoms with E-state index in [9.17, 15) is 0 Å². The molecule has 0 spiro atoms. The van der Waals surface area contributed by atoms with Gasteiger partial charge in [0.05, 0.1) is 35.7 Å². The zero-order chi connectivity index (χ0) is 32.2. The van der Waals surface area contributed by atoms with Crippen LogP contribution in [0.1, 0.15) is 11.1 Å². The SMILES string of the molecule is COc1cc(-c2nccc(-c3cccc(-c4ccc(CN(C)CC5CNC5)c(OC)n4)c3Cl)c2Cl)ccc1CN(C)CC1CNC1. The smallest absolute Gasteiger partial charge is 0.218 e. The predicted molar refractivity (Wildman–Crippen MR) is 187 cm³/mol. The van der Waals surface area contributed by atoms with E-state index in [4.69, 9.17) is 37.7 Å². The van der Waals surface area contributed by atoms with Gasteiger partial charge in [-0.15, -0.1) is 0 Å². The molecular formula is C36H42Cl2N6O2. The molecule has 2 fully saturated rings. The van der Waals surface area contributed by atoms with Crippen molar-refractivity contribution >= 4 is 23.2 Å². The molecule has 0 aliphatic carbocycles. The average molecular weight is 662 g/mol. The van der Waals surface area contributed by atoms with Gasteiger partial charge in [-0.1, -0.05) is 59.6 Å². The van der Waals surface area contributed by atoms with Gasteiger partial charge >= 0.3 is 0 Å². The van der Waals surface area contributed by atoms with E-state index in [0.29, 0.717) is 33.5 Å². The number of benzene rings is 2. The number of pyridine rings is 2. The standard InChI is InChI=1S/C36H42Cl2N6O2/c1-43(19-23-15-39-16-23)21-26-9-8-25(14-32(26)45-3)35-34(38)29(12-13-41-35)28-6-5-7-30(33(28)37)31-11-10-27(36(42-31)46-4)22-44(2)20-24-17-40-18-24/h5-14,23-24,39-40H,15-22H2,1-4H3. The monoisotopic (exact) mass is 660 g/mol. The second kappa shape index (κ2) is 14.7. The summed E-state index contributed by atoms with van der Waals surface area (Å²) in [4.78, 5) is 14.2. The van der Waals surface area contributed by atoms with Crippen molar-refractivity contribution in [1.29, 1.82) is 0 Å². The van der Waals surface area contributed by atoms with Crippen LogP contribution in [0.2, 0.25) is 10.0 Å². The number of nitrogens with zero attached hydrogens (tertiary/aromatic N) is 4. The largest absolute Gasteiger partial charge is 0.496 e. The van der Waals surface area contributed by atoms with Crippen LogP contribution in [0, 0.1) is 11.8 Å². The molecule has 10 heteroatoms. The highest BCUT2D eigenvalue weighted by Gasteiger charge is 2.22. The van der Waals surface area contributed by atoms with Gasteiger partial charge < -0.3 is 29.9 Å². The predicted octanol–water partition coefficient (Wildman–Crippen LogP) is 6.10. The first-order chi connectivity index (χ1) is 22.3. The van der Waals surface area contributed by atoms with Gasteiger partial charge in [-0.25, -0.2) is 4.98 Å². The van der Waals surface area contributed by atoms with Crippen molar-refractivity contribution in [3.8, 4) is 45.3 Å². The lowest BCUT2D eigenvalue weighted by Crippen LogP contribution is -2.47. The number of rotatable bonds is 13. The summed E-state index contributed by atoms with van der Waals surface area (Å²) in [7, 11) is 7.65. The zero-order valence-electron chi connectivity index (χ0n) is 26.9. The third-order valence-corrected chi connectivity index (χ3v) is 9.69. The van der Waals surface area contributed by atoms with Crippen LogP contribution in [-0.2, 0) is 13.1 Å². The van der Waals surface area contributed by atoms with Crippen LogP contribution < -0.4 is 20.1 Å². The normalized spacial score (nSPS) is 15.2. The van der Waals surface area contributed by atoms with Gasteiger partial charge in [0, 0.05) is 91.9 Å². The first-order valence-corrected chi connectivity index (χ1v) is 16.5. The summed E-state index contributed by atoms with van der Waals surface area (Å²) < 4.78 is 11.5. The van der Waals surface area contributed by atoms with E-state index in [2.05, 4.69) is 57.7 Å². The molecular weight excluding hydrogens is 619 g/mol. The Morgan fingerprint density at radius 3 is 2.02 bits per heavy atom. The lowest BCUT2D eigenvalue weighted by atomic mass is 9.99. The van der Waals surface area contributed by atoms with Crippen LogP contribution in [0.25, 0.3) is 33.6 Å². The Hall–Kier alpha value is -3.24. The fourth-order valence-electron chi connectivity index (χ4n) is 6.28. The average Bonchev–Trinajstić information content (AvgIpc) is 3.02. The molecule has 2 N–H and O–H groups in total. The second-order valence-electron chi connectivity index (χ2n) is 12.5. The van der Waals surface area contributed by atoms with E-state index >= 15 is 0 Å². The maximum atomic E-state index is 7.11. The van der Waals surface area contributed by atoms with E-state index in [0.717, 1.165) is 97.2 Å². The van der Waals surface area contributed by atoms with Gasteiger partial charge in [-0.2, -0.15) is 0 Å². The molecule has 0 atom stereocenters. The van der Waals surface area contributed by atoms with Crippen molar-refractivity contribution in [2.75, 3.05) is 67.6 Å². The maximum Gasteiger partial charge on any atom is 0.218 e. The first-order valence-electron chi connectivity index (χ1n) is 15.8. The fraction of sp³-hybridized carbons (Fsp3) is 0.389. The molecule has 4 aromatic rings. The molecule has 0 unspecified atom stereocenters. The molecule has 8 nitrogen and oxygen atoms in total. The number of halogens is 2. The van der Waals surface area contributed by atoms with Crippen LogP contribution in [0.5, 0.6) is 11.6 Å². The second-order valence-corrected chi connectivity index (χ2v) is 13.3. The quantitative estimate of drug-likeness (QED) is 0.178. The van der Waals surface area contributed by atoms with E-state index < -0.39 is 0 Å². The molecule has 6 rings (SSSR count). The minimum absolute atomic E-state index is 0.525. The van der Waals surface area contributed by atoms with Gasteiger partial charge in [0.2, 0.25) is 5.88 Å². The Morgan fingerprint density at radius 1 is 0.761 bits per heavy atom. The van der Waals surface area contributed by atoms with Crippen LogP contribution in [0.4, 0.5) is 0 Å². The number of aromatic nitrogens is 2. The van der Waals surface area contributed by atoms with Gasteiger partial charge in [0.1, 0.15) is 5.75 Å². The Bertz CT molecular complexity index is 1550. The summed E-state index contributed by atoms with van der Waals surface area (Å²) in [6.45, 7) is 7.97. The van der Waals surface area contributed by atoms with E-state index in [1.807, 2.05) is 36.4 Å². The number of ether oxygens (including phenoxy) is 2. The molecule has 0 amide bonds. The van der Waals surface area contributed by atoms with Gasteiger partial charge in [0.15, 0.2) is 0 Å². The molecule has 4 heterocycles. The van der Waals surface area contributed by atoms with Crippen molar-refractivity contribution in [3.05, 3.63) is 82.0 Å².